The summed E-state index contributed by atoms with van der Waals surface area (Å²) < 4.78 is 28.3. The first-order valence-electron chi connectivity index (χ1n) is 21.2. The minimum Gasteiger partial charge on any atom is -0.481 e. The Bertz CT molecular complexity index is 2550. The molecule has 22 nitrogen and oxygen atoms in total. The van der Waals surface area contributed by atoms with Gasteiger partial charge in [0.25, 0.3) is 11.5 Å². The first-order valence-corrected chi connectivity index (χ1v) is 22.7. The molecule has 66 heavy (non-hydrogen) atoms. The van der Waals surface area contributed by atoms with Crippen molar-refractivity contribution in [1.29, 1.82) is 0 Å². The van der Waals surface area contributed by atoms with E-state index in [9.17, 15) is 43.2 Å². The average molecular weight is 932 g/mol. The number of anilines is 2. The van der Waals surface area contributed by atoms with E-state index in [1.807, 2.05) is 35.2 Å². The van der Waals surface area contributed by atoms with E-state index < -0.39 is 79.4 Å². The van der Waals surface area contributed by atoms with Gasteiger partial charge in [-0.3, -0.25) is 57.5 Å². The molecule has 2 aromatic carbocycles. The second-order valence-electron chi connectivity index (χ2n) is 15.2. The molecule has 4 heterocycles. The molecule has 3 amide bonds. The van der Waals surface area contributed by atoms with E-state index in [1.54, 1.807) is 32.1 Å². The summed E-state index contributed by atoms with van der Waals surface area (Å²) in [6.45, 7) is 4.15. The molecule has 350 valence electrons. The number of H-pyrrole nitrogens is 1. The number of unbranched alkanes of at least 4 members (excludes halogenated alkanes) is 1. The number of phosphoric acid groups is 1. The number of hydrogen-bond acceptors (Lipinski definition) is 16. The Balaban J connectivity index is 1.12. The summed E-state index contributed by atoms with van der Waals surface area (Å²) in [5, 5.41) is 29.1. The zero-order valence-corrected chi connectivity index (χ0v) is 36.9. The van der Waals surface area contributed by atoms with Gasteiger partial charge in [-0.05, 0) is 69.0 Å². The van der Waals surface area contributed by atoms with E-state index >= 15 is 0 Å². The maximum atomic E-state index is 14.3. The Kier molecular flexibility index (Phi) is 16.6. The quantitative estimate of drug-likeness (QED) is 0.0392. The summed E-state index contributed by atoms with van der Waals surface area (Å²) >= 11 is 0. The third kappa shape index (κ3) is 12.3. The number of benzene rings is 2. The van der Waals surface area contributed by atoms with Crippen molar-refractivity contribution in [3.05, 3.63) is 100 Å². The van der Waals surface area contributed by atoms with Crippen LogP contribution in [0.3, 0.4) is 0 Å². The first-order chi connectivity index (χ1) is 31.7. The minimum atomic E-state index is -3.70. The second-order valence-corrected chi connectivity index (χ2v) is 16.9. The van der Waals surface area contributed by atoms with E-state index in [0.29, 0.717) is 24.2 Å². The average Bonchev–Trinajstić information content (AvgIpc) is 3.52. The van der Waals surface area contributed by atoms with Gasteiger partial charge in [-0.25, -0.2) is 19.3 Å². The van der Waals surface area contributed by atoms with E-state index in [-0.39, 0.29) is 74.3 Å². The largest absolute Gasteiger partial charge is 0.481 e. The van der Waals surface area contributed by atoms with Gasteiger partial charge in [0.05, 0.1) is 56.1 Å². The molecular formula is C43H50N9O13P. The lowest BCUT2D eigenvalue weighted by atomic mass is 9.86. The molecule has 0 saturated carbocycles. The van der Waals surface area contributed by atoms with Crippen LogP contribution in [0.25, 0.3) is 11.2 Å². The third-order valence-electron chi connectivity index (χ3n) is 10.7. The number of amides is 3. The van der Waals surface area contributed by atoms with Gasteiger partial charge in [0.1, 0.15) is 6.04 Å². The van der Waals surface area contributed by atoms with Crippen LogP contribution in [0.1, 0.15) is 61.1 Å². The Labute approximate surface area is 377 Å². The number of aliphatic carboxylic acids is 2. The zero-order valence-electron chi connectivity index (χ0n) is 36.0. The van der Waals surface area contributed by atoms with Gasteiger partial charge in [0.15, 0.2) is 16.9 Å². The van der Waals surface area contributed by atoms with Crippen LogP contribution < -0.4 is 26.8 Å². The van der Waals surface area contributed by atoms with E-state index in [2.05, 4.69) is 41.2 Å². The molecule has 4 aromatic rings. The molecule has 2 aliphatic rings. The number of nitrogens with zero attached hydrogens (tertiary/aromatic N) is 4. The van der Waals surface area contributed by atoms with Crippen molar-refractivity contribution in [3.8, 4) is 0 Å². The number of carboxylic acid groups (broad SMARTS) is 2. The van der Waals surface area contributed by atoms with Gasteiger partial charge in [-0.2, -0.15) is 4.98 Å². The van der Waals surface area contributed by atoms with Crippen molar-refractivity contribution in [3.63, 3.8) is 0 Å². The molecule has 1 fully saturated rings. The molecule has 1 saturated heterocycles. The van der Waals surface area contributed by atoms with Gasteiger partial charge in [-0.15, -0.1) is 0 Å². The van der Waals surface area contributed by atoms with Crippen molar-refractivity contribution >= 4 is 66.1 Å². The van der Waals surface area contributed by atoms with Crippen molar-refractivity contribution in [1.82, 2.24) is 35.5 Å². The van der Waals surface area contributed by atoms with E-state index in [1.165, 1.54) is 24.4 Å². The zero-order chi connectivity index (χ0) is 47.4. The fraction of sp³-hybridized carbons (Fsp3) is 0.395. The number of ketones is 1. The number of aromatic nitrogens is 4. The number of hydrogen-bond donors (Lipinski definition) is 7. The summed E-state index contributed by atoms with van der Waals surface area (Å²) in [7, 11) is -3.70. The highest BCUT2D eigenvalue weighted by atomic mass is 31.2. The molecule has 5 unspecified atom stereocenters. The number of carbonyl (C=O) groups excluding carboxylic acids is 4. The molecule has 23 heteroatoms. The Hall–Kier alpha value is -6.71. The van der Waals surface area contributed by atoms with Crippen LogP contribution in [-0.4, -0.2) is 115 Å². The number of aromatic amines is 1. The lowest BCUT2D eigenvalue weighted by Crippen LogP contribution is -2.47. The maximum absolute atomic E-state index is 14.3. The van der Waals surface area contributed by atoms with Crippen molar-refractivity contribution in [2.24, 2.45) is 11.8 Å². The van der Waals surface area contributed by atoms with E-state index in [4.69, 9.17) is 18.7 Å². The molecule has 6 rings (SSSR count). The van der Waals surface area contributed by atoms with Crippen molar-refractivity contribution < 1.29 is 57.1 Å². The highest BCUT2D eigenvalue weighted by Gasteiger charge is 2.58. The normalized spacial score (nSPS) is 18.4. The van der Waals surface area contributed by atoms with Crippen molar-refractivity contribution in [2.75, 3.05) is 37.0 Å². The Morgan fingerprint density at radius 2 is 1.64 bits per heavy atom. The monoisotopic (exact) mass is 931 g/mol. The van der Waals surface area contributed by atoms with Crippen LogP contribution in [-0.2, 0) is 55.2 Å². The molecule has 2 aromatic heterocycles. The molecular weight excluding hydrogens is 881 g/mol. The predicted octanol–water partition coefficient (Wildman–Crippen LogP) is 3.03. The van der Waals surface area contributed by atoms with Gasteiger partial charge in [0.2, 0.25) is 17.8 Å². The van der Waals surface area contributed by atoms with Crippen molar-refractivity contribution in [2.45, 2.75) is 70.7 Å². The van der Waals surface area contributed by atoms with Crippen LogP contribution in [0.15, 0.2) is 77.7 Å². The Morgan fingerprint density at radius 1 is 0.909 bits per heavy atom. The molecule has 0 aliphatic carbocycles. The topological polar surface area (TPSA) is 311 Å². The number of nitrogens with one attached hydrogen (secondary N) is 5. The van der Waals surface area contributed by atoms with Crippen LogP contribution >= 0.6 is 7.82 Å². The second kappa shape index (κ2) is 22.5. The highest BCUT2D eigenvalue weighted by Crippen LogP contribution is 2.49. The third-order valence-corrected chi connectivity index (χ3v) is 12.3. The number of fused-ring (bicyclic) bond motifs is 3. The number of carboxylic acids is 2. The lowest BCUT2D eigenvalue weighted by Gasteiger charge is -2.31. The minimum absolute atomic E-state index is 0.0395. The Morgan fingerprint density at radius 3 is 2.32 bits per heavy atom. The molecule has 2 aliphatic heterocycles. The molecule has 0 spiro atoms. The number of phosphoric ester groups is 1. The molecule has 7 N–H and O–H groups in total. The van der Waals surface area contributed by atoms with Crippen LogP contribution in [0.2, 0.25) is 0 Å². The lowest BCUT2D eigenvalue weighted by molar-refractivity contribution is -0.140. The fourth-order valence-electron chi connectivity index (χ4n) is 7.65. The van der Waals surface area contributed by atoms with Gasteiger partial charge in [0, 0.05) is 36.8 Å². The first kappa shape index (κ1) is 48.7. The molecule has 5 atom stereocenters. The van der Waals surface area contributed by atoms with E-state index in [0.717, 1.165) is 5.56 Å². The summed E-state index contributed by atoms with van der Waals surface area (Å²) in [5.74, 6) is -7.26. The standard InChI is InChI=1S/C43H50N9O13P/c1-3-63-66(62,64-4-2)65-21-9-8-20-44-39(57)34-33(30-17-18-31(53)36(34)52(30)24-25-10-6-5-7-11-25)40(58)50-43-49-37-35(41(59)51-43)47-28(23-46-37)22-45-27-14-12-26(13-15-27)38(56)48-29(42(60)61)16-19-32(54)55/h5-7,10-15,17-18,23,29-30,33-34,36,45H,3-4,8-9,16,19-22,24H2,1-2H3,(H,44,57)(H,48,56)(H,54,55)(H,60,61)(H2,46,49,50,51,58,59). The maximum Gasteiger partial charge on any atom is 0.474 e. The highest BCUT2D eigenvalue weighted by molar-refractivity contribution is 7.48. The molecule has 2 bridgehead atoms. The summed E-state index contributed by atoms with van der Waals surface area (Å²) in [4.78, 5) is 108. The summed E-state index contributed by atoms with van der Waals surface area (Å²) in [6.07, 6.45) is 4.45. The SMILES string of the molecule is CCOP(=O)(OCC)OCCCCNC(=O)C1C(C(=O)Nc2nc3ncc(CNc4ccc(C(=O)NC(CCC(=O)O)C(=O)O)cc4)nc3c(=O)[nH]2)C2C=CC(=O)C1N2Cc1ccccc1. The van der Waals surface area contributed by atoms with Crippen LogP contribution in [0, 0.1) is 11.8 Å². The van der Waals surface area contributed by atoms with Crippen LogP contribution in [0.5, 0.6) is 0 Å². The molecule has 0 radical (unpaired) electrons. The number of carbonyl (C=O) groups is 6. The van der Waals surface area contributed by atoms with Gasteiger partial charge >= 0.3 is 19.8 Å². The summed E-state index contributed by atoms with van der Waals surface area (Å²) in [6, 6.07) is 12.3. The number of rotatable bonds is 24. The fourth-order valence-corrected chi connectivity index (χ4v) is 8.86. The predicted molar refractivity (Wildman–Crippen MR) is 236 cm³/mol. The van der Waals surface area contributed by atoms with Gasteiger partial charge in [-0.1, -0.05) is 36.4 Å². The summed E-state index contributed by atoms with van der Waals surface area (Å²) in [5.41, 5.74) is 0.952. The smallest absolute Gasteiger partial charge is 0.474 e. The van der Waals surface area contributed by atoms with Gasteiger partial charge < -0.3 is 26.2 Å². The van der Waals surface area contributed by atoms with Crippen LogP contribution in [0.4, 0.5) is 11.6 Å².